The van der Waals surface area contributed by atoms with Gasteiger partial charge in [-0.25, -0.2) is 0 Å². The normalized spacial score (nSPS) is 18.2. The van der Waals surface area contributed by atoms with Crippen molar-refractivity contribution in [1.29, 1.82) is 0 Å². The van der Waals surface area contributed by atoms with E-state index in [9.17, 15) is 0 Å². The van der Waals surface area contributed by atoms with Gasteiger partial charge in [-0.15, -0.1) is 0 Å². The predicted molar refractivity (Wildman–Crippen MR) is 140 cm³/mol. The first kappa shape index (κ1) is 20.6. The van der Waals surface area contributed by atoms with Gasteiger partial charge in [-0.3, -0.25) is 0 Å². The SMILES string of the molecule is C/C=C\c1c(C)c2c(n1C1C=C(n3c(/C=C\C)c(C)c4ccccc43)C=CC1)C=CCC2. The molecule has 32 heavy (non-hydrogen) atoms. The number of aromatic nitrogens is 2. The second-order valence-electron chi connectivity index (χ2n) is 8.84. The Labute approximate surface area is 191 Å². The number of benzene rings is 1. The number of aryl methyl sites for hydroxylation is 1. The molecule has 1 atom stereocenters. The van der Waals surface area contributed by atoms with E-state index in [0.29, 0.717) is 6.04 Å². The van der Waals surface area contributed by atoms with Gasteiger partial charge in [0.05, 0.1) is 11.6 Å². The summed E-state index contributed by atoms with van der Waals surface area (Å²) in [4.78, 5) is 0. The van der Waals surface area contributed by atoms with E-state index in [2.05, 4.69) is 116 Å². The van der Waals surface area contributed by atoms with Crippen LogP contribution in [-0.2, 0) is 6.42 Å². The van der Waals surface area contributed by atoms with E-state index in [1.165, 1.54) is 50.4 Å². The fourth-order valence-corrected chi connectivity index (χ4v) is 5.48. The molecule has 5 rings (SSSR count). The van der Waals surface area contributed by atoms with E-state index in [0.717, 1.165) is 19.3 Å². The number of rotatable bonds is 4. The lowest BCUT2D eigenvalue weighted by Crippen LogP contribution is -2.14. The minimum atomic E-state index is 0.298. The Bertz CT molecular complexity index is 1330. The van der Waals surface area contributed by atoms with Gasteiger partial charge in [0.15, 0.2) is 0 Å². The van der Waals surface area contributed by atoms with E-state index in [1.807, 2.05) is 0 Å². The molecule has 2 aliphatic carbocycles. The molecule has 2 aliphatic rings. The molecule has 3 aromatic rings. The molecule has 0 spiro atoms. The van der Waals surface area contributed by atoms with Crippen molar-refractivity contribution >= 4 is 34.8 Å². The van der Waals surface area contributed by atoms with Crippen LogP contribution in [0.25, 0.3) is 34.8 Å². The first-order chi connectivity index (χ1) is 15.7. The Hall–Kier alpha value is -3.26. The molecule has 0 saturated heterocycles. The molecule has 0 N–H and O–H groups in total. The van der Waals surface area contributed by atoms with Crippen LogP contribution in [0.3, 0.4) is 0 Å². The van der Waals surface area contributed by atoms with Gasteiger partial charge in [-0.05, 0) is 100 Å². The summed E-state index contributed by atoms with van der Waals surface area (Å²) in [6.45, 7) is 8.74. The van der Waals surface area contributed by atoms with Crippen molar-refractivity contribution in [3.05, 3.63) is 94.5 Å². The van der Waals surface area contributed by atoms with E-state index >= 15 is 0 Å². The summed E-state index contributed by atoms with van der Waals surface area (Å²) in [7, 11) is 0. The molecular weight excluding hydrogens is 388 g/mol. The lowest BCUT2D eigenvalue weighted by Gasteiger charge is -2.24. The Morgan fingerprint density at radius 2 is 1.69 bits per heavy atom. The highest BCUT2D eigenvalue weighted by Gasteiger charge is 2.25. The van der Waals surface area contributed by atoms with Crippen LogP contribution in [0.5, 0.6) is 0 Å². The van der Waals surface area contributed by atoms with Gasteiger partial charge in [-0.1, -0.05) is 42.5 Å². The maximum Gasteiger partial charge on any atom is 0.0580 e. The van der Waals surface area contributed by atoms with Crippen molar-refractivity contribution in [2.24, 2.45) is 0 Å². The number of nitrogens with zero attached hydrogens (tertiary/aromatic N) is 2. The van der Waals surface area contributed by atoms with Crippen LogP contribution in [0.4, 0.5) is 0 Å². The highest BCUT2D eigenvalue weighted by Crippen LogP contribution is 2.38. The van der Waals surface area contributed by atoms with E-state index in [4.69, 9.17) is 0 Å². The highest BCUT2D eigenvalue weighted by atomic mass is 15.1. The Morgan fingerprint density at radius 3 is 2.50 bits per heavy atom. The first-order valence-electron chi connectivity index (χ1n) is 11.8. The average molecular weight is 421 g/mol. The molecule has 2 aromatic heterocycles. The minimum Gasteiger partial charge on any atom is -0.334 e. The molecule has 2 heterocycles. The summed E-state index contributed by atoms with van der Waals surface area (Å²) in [5.74, 6) is 0. The van der Waals surface area contributed by atoms with Gasteiger partial charge in [-0.2, -0.15) is 0 Å². The number of fused-ring (bicyclic) bond motifs is 2. The summed E-state index contributed by atoms with van der Waals surface area (Å²) in [5, 5.41) is 1.32. The van der Waals surface area contributed by atoms with Crippen molar-refractivity contribution in [1.82, 2.24) is 9.13 Å². The van der Waals surface area contributed by atoms with Gasteiger partial charge in [0.2, 0.25) is 0 Å². The van der Waals surface area contributed by atoms with Gasteiger partial charge in [0, 0.05) is 28.2 Å². The second-order valence-corrected chi connectivity index (χ2v) is 8.84. The molecule has 1 aromatic carbocycles. The molecule has 0 radical (unpaired) electrons. The van der Waals surface area contributed by atoms with Crippen molar-refractivity contribution in [3.8, 4) is 0 Å². The van der Waals surface area contributed by atoms with Crippen LogP contribution in [-0.4, -0.2) is 9.13 Å². The van der Waals surface area contributed by atoms with Crippen molar-refractivity contribution in [2.75, 3.05) is 0 Å². The summed E-state index contributed by atoms with van der Waals surface area (Å²) < 4.78 is 5.00. The monoisotopic (exact) mass is 420 g/mol. The maximum absolute atomic E-state index is 2.57. The lowest BCUT2D eigenvalue weighted by atomic mass is 10.00. The summed E-state index contributed by atoms with van der Waals surface area (Å²) in [6.07, 6.45) is 23.9. The zero-order chi connectivity index (χ0) is 22.2. The third kappa shape index (κ3) is 3.17. The van der Waals surface area contributed by atoms with Crippen LogP contribution in [0, 0.1) is 13.8 Å². The fourth-order valence-electron chi connectivity index (χ4n) is 5.48. The molecular formula is C30H32N2. The summed E-state index contributed by atoms with van der Waals surface area (Å²) in [6, 6.07) is 9.05. The van der Waals surface area contributed by atoms with Gasteiger partial charge < -0.3 is 9.13 Å². The maximum atomic E-state index is 2.57. The van der Waals surface area contributed by atoms with Crippen molar-refractivity contribution < 1.29 is 0 Å². The highest BCUT2D eigenvalue weighted by molar-refractivity contribution is 5.92. The standard InChI is InChI=1S/C30H32N2/c1-5-12-27-21(3)25-16-7-9-18-29(25)31(27)23-14-11-15-24(20-23)32-28(13-6-2)22(4)26-17-8-10-19-30(26)32/h5-7,9-14,16,18-20,24H,8,15,17H2,1-4H3/b12-5-,13-6-. The largest absolute Gasteiger partial charge is 0.334 e. The lowest BCUT2D eigenvalue weighted by molar-refractivity contribution is 0.598. The average Bonchev–Trinajstić information content (AvgIpc) is 3.26. The van der Waals surface area contributed by atoms with Crippen LogP contribution in [0.15, 0.2) is 60.7 Å². The predicted octanol–water partition coefficient (Wildman–Crippen LogP) is 8.13. The Balaban J connectivity index is 1.72. The van der Waals surface area contributed by atoms with Crippen LogP contribution >= 0.6 is 0 Å². The summed E-state index contributed by atoms with van der Waals surface area (Å²) >= 11 is 0. The fraction of sp³-hybridized carbons (Fsp3) is 0.267. The number of hydrogen-bond donors (Lipinski definition) is 0. The molecule has 0 fully saturated rings. The van der Waals surface area contributed by atoms with Gasteiger partial charge in [0.25, 0.3) is 0 Å². The number of para-hydroxylation sites is 1. The summed E-state index contributed by atoms with van der Waals surface area (Å²) in [5.41, 5.74) is 10.8. The van der Waals surface area contributed by atoms with Crippen molar-refractivity contribution in [3.63, 3.8) is 0 Å². The smallest absolute Gasteiger partial charge is 0.0580 e. The zero-order valence-corrected chi connectivity index (χ0v) is 19.6. The molecule has 1 unspecified atom stereocenters. The number of hydrogen-bond acceptors (Lipinski definition) is 0. The zero-order valence-electron chi connectivity index (χ0n) is 19.6. The van der Waals surface area contributed by atoms with Crippen LogP contribution in [0.2, 0.25) is 0 Å². The Kier molecular flexibility index (Phi) is 5.38. The molecule has 0 aliphatic heterocycles. The molecule has 162 valence electrons. The third-order valence-corrected chi connectivity index (χ3v) is 6.94. The molecule has 0 amide bonds. The number of allylic oxidation sites excluding steroid dienone is 7. The quantitative estimate of drug-likeness (QED) is 0.403. The first-order valence-corrected chi connectivity index (χ1v) is 11.8. The second kappa shape index (κ2) is 8.35. The topological polar surface area (TPSA) is 9.86 Å². The van der Waals surface area contributed by atoms with Gasteiger partial charge in [0.1, 0.15) is 0 Å². The van der Waals surface area contributed by atoms with Crippen molar-refractivity contribution in [2.45, 2.75) is 53.0 Å². The molecule has 0 bridgehead atoms. The molecule has 2 nitrogen and oxygen atoms in total. The van der Waals surface area contributed by atoms with E-state index < -0.39 is 0 Å². The van der Waals surface area contributed by atoms with E-state index in [-0.39, 0.29) is 0 Å². The minimum absolute atomic E-state index is 0.298. The van der Waals surface area contributed by atoms with Crippen LogP contribution in [0.1, 0.15) is 66.5 Å². The van der Waals surface area contributed by atoms with E-state index in [1.54, 1.807) is 0 Å². The molecule has 0 saturated carbocycles. The Morgan fingerprint density at radius 1 is 0.906 bits per heavy atom. The third-order valence-electron chi connectivity index (χ3n) is 6.94. The van der Waals surface area contributed by atoms with Crippen LogP contribution < -0.4 is 0 Å². The van der Waals surface area contributed by atoms with Gasteiger partial charge >= 0.3 is 0 Å². The molecule has 2 heteroatoms.